The van der Waals surface area contributed by atoms with Crippen LogP contribution in [0.3, 0.4) is 0 Å². The number of furan rings is 1. The second-order valence-electron chi connectivity index (χ2n) is 7.19. The van der Waals surface area contributed by atoms with E-state index in [9.17, 15) is 23.1 Å². The van der Waals surface area contributed by atoms with Crippen molar-refractivity contribution in [3.63, 3.8) is 0 Å². The molecule has 0 radical (unpaired) electrons. The monoisotopic (exact) mass is 487 g/mol. The smallest absolute Gasteiger partial charge is 0.420 e. The topological polar surface area (TPSA) is 85.7 Å². The molecule has 0 saturated carbocycles. The molecule has 1 aliphatic carbocycles. The van der Waals surface area contributed by atoms with E-state index in [2.05, 4.69) is 15.9 Å². The number of ether oxygens (including phenoxy) is 1. The zero-order valence-corrected chi connectivity index (χ0v) is 17.7. The predicted molar refractivity (Wildman–Crippen MR) is 109 cm³/mol. The van der Waals surface area contributed by atoms with Crippen LogP contribution in [0.15, 0.2) is 51.1 Å². The Kier molecular flexibility index (Phi) is 6.45. The van der Waals surface area contributed by atoms with Crippen molar-refractivity contribution < 1.29 is 32.2 Å². The van der Waals surface area contributed by atoms with Gasteiger partial charge in [0.2, 0.25) is 0 Å². The van der Waals surface area contributed by atoms with Crippen LogP contribution < -0.4 is 5.73 Å². The summed E-state index contributed by atoms with van der Waals surface area (Å²) in [6.45, 7) is 2.13. The molecule has 0 fully saturated rings. The first-order valence-electron chi connectivity index (χ1n) is 9.32. The van der Waals surface area contributed by atoms with Crippen molar-refractivity contribution in [2.45, 2.75) is 38.1 Å². The first kappa shape index (κ1) is 22.6. The van der Waals surface area contributed by atoms with Crippen molar-refractivity contribution in [3.05, 3.63) is 57.8 Å². The molecule has 9 heteroatoms. The van der Waals surface area contributed by atoms with Crippen LogP contribution in [-0.2, 0) is 22.3 Å². The Labute approximate surface area is 179 Å². The summed E-state index contributed by atoms with van der Waals surface area (Å²) in [5.41, 5.74) is 5.37. The van der Waals surface area contributed by atoms with Gasteiger partial charge in [-0.05, 0) is 51.7 Å². The van der Waals surface area contributed by atoms with Crippen LogP contribution in [0.25, 0.3) is 11.0 Å². The van der Waals surface area contributed by atoms with Gasteiger partial charge in [-0.25, -0.2) is 0 Å². The highest BCUT2D eigenvalue weighted by atomic mass is 79.9. The number of carboxylic acids is 1. The van der Waals surface area contributed by atoms with Crippen LogP contribution in [-0.4, -0.2) is 23.2 Å². The molecular weight excluding hydrogens is 467 g/mol. The van der Waals surface area contributed by atoms with Gasteiger partial charge in [0.25, 0.3) is 0 Å². The number of hydrogen-bond donors (Lipinski definition) is 2. The Morgan fingerprint density at radius 2 is 2.13 bits per heavy atom. The van der Waals surface area contributed by atoms with Crippen molar-refractivity contribution in [3.8, 4) is 0 Å². The molecule has 0 bridgehead atoms. The number of benzene rings is 1. The van der Waals surface area contributed by atoms with Gasteiger partial charge in [0.15, 0.2) is 0 Å². The Balaban J connectivity index is 1.94. The highest BCUT2D eigenvalue weighted by Gasteiger charge is 2.39. The summed E-state index contributed by atoms with van der Waals surface area (Å²) in [6, 6.07) is 3.02. The van der Waals surface area contributed by atoms with Crippen LogP contribution >= 0.6 is 15.9 Å². The Morgan fingerprint density at radius 1 is 1.40 bits per heavy atom. The van der Waals surface area contributed by atoms with Crippen molar-refractivity contribution in [2.75, 3.05) is 6.54 Å². The number of carbonyl (C=O) groups is 1. The number of aliphatic carboxylic acids is 1. The van der Waals surface area contributed by atoms with Crippen LogP contribution in [0.5, 0.6) is 0 Å². The lowest BCUT2D eigenvalue weighted by molar-refractivity contribution is -0.141. The second kappa shape index (κ2) is 8.56. The zero-order valence-electron chi connectivity index (χ0n) is 16.1. The van der Waals surface area contributed by atoms with E-state index in [0.717, 1.165) is 5.57 Å². The summed E-state index contributed by atoms with van der Waals surface area (Å²) < 4.78 is 51.5. The second-order valence-corrected chi connectivity index (χ2v) is 8.04. The molecule has 5 nitrogen and oxygen atoms in total. The largest absolute Gasteiger partial charge is 0.481 e. The van der Waals surface area contributed by atoms with Gasteiger partial charge in [0.1, 0.15) is 17.4 Å². The highest BCUT2D eigenvalue weighted by Crippen LogP contribution is 2.40. The molecule has 3 N–H and O–H groups in total. The first-order valence-corrected chi connectivity index (χ1v) is 10.1. The van der Waals surface area contributed by atoms with Crippen molar-refractivity contribution >= 4 is 32.9 Å². The standard InChI is InChI=1S/C21H21BrF3NO4/c1-2-20(8-12(9-26)3-4-14(20)7-18(27)28)30-10-13-5-15-16(21(23,24)25)11-29-19(15)17(22)6-13/h3-6,8,11,14H,2,7,9-10,26H2,1H3,(H,27,28). The molecular formula is C21H21BrF3NO4. The van der Waals surface area contributed by atoms with Gasteiger partial charge in [-0.2, -0.15) is 13.2 Å². The summed E-state index contributed by atoms with van der Waals surface area (Å²) in [5.74, 6) is -1.39. The van der Waals surface area contributed by atoms with Crippen LogP contribution in [0.2, 0.25) is 0 Å². The molecule has 1 heterocycles. The molecule has 0 spiro atoms. The highest BCUT2D eigenvalue weighted by molar-refractivity contribution is 9.10. The molecule has 30 heavy (non-hydrogen) atoms. The molecule has 0 amide bonds. The van der Waals surface area contributed by atoms with Crippen molar-refractivity contribution in [2.24, 2.45) is 11.7 Å². The number of carboxylic acid groups (broad SMARTS) is 1. The number of fused-ring (bicyclic) bond motifs is 1. The fraction of sp³-hybridized carbons (Fsp3) is 0.381. The van der Waals surface area contributed by atoms with Gasteiger partial charge >= 0.3 is 12.1 Å². The number of rotatable bonds is 7. The maximum Gasteiger partial charge on any atom is 0.420 e. The van der Waals surface area contributed by atoms with Gasteiger partial charge < -0.3 is 20.0 Å². The predicted octanol–water partition coefficient (Wildman–Crippen LogP) is 5.43. The number of nitrogens with two attached hydrogens (primary N) is 1. The lowest BCUT2D eigenvalue weighted by Crippen LogP contribution is -2.41. The number of hydrogen-bond acceptors (Lipinski definition) is 4. The van der Waals surface area contributed by atoms with E-state index in [0.29, 0.717) is 22.7 Å². The van der Waals surface area contributed by atoms with Crippen LogP contribution in [0.1, 0.15) is 30.9 Å². The molecule has 1 aromatic carbocycles. The molecule has 2 aromatic rings. The minimum Gasteiger partial charge on any atom is -0.481 e. The molecule has 1 aliphatic rings. The maximum atomic E-state index is 13.3. The van der Waals surface area contributed by atoms with Gasteiger partial charge in [-0.15, -0.1) is 0 Å². The normalized spacial score (nSPS) is 21.8. The third-order valence-corrected chi connectivity index (χ3v) is 5.87. The third kappa shape index (κ3) is 4.48. The average Bonchev–Trinajstić information content (AvgIpc) is 3.12. The zero-order chi connectivity index (χ0) is 22.1. The van der Waals surface area contributed by atoms with E-state index in [-0.39, 0.29) is 30.5 Å². The SMILES string of the molecule is CCC1(OCc2cc(Br)c3occ(C(F)(F)F)c3c2)C=C(CN)C=CC1CC(=O)O. The molecule has 0 saturated heterocycles. The molecule has 2 unspecified atom stereocenters. The quantitative estimate of drug-likeness (QED) is 0.544. The Morgan fingerprint density at radius 3 is 2.73 bits per heavy atom. The van der Waals surface area contributed by atoms with Crippen LogP contribution in [0.4, 0.5) is 13.2 Å². The molecule has 162 valence electrons. The van der Waals surface area contributed by atoms with Gasteiger partial charge in [-0.3, -0.25) is 4.79 Å². The van der Waals surface area contributed by atoms with E-state index in [1.165, 1.54) is 6.07 Å². The lowest BCUT2D eigenvalue weighted by atomic mass is 9.77. The average molecular weight is 488 g/mol. The molecule has 3 rings (SSSR count). The fourth-order valence-corrected chi connectivity index (χ4v) is 4.31. The van der Waals surface area contributed by atoms with Gasteiger partial charge in [-0.1, -0.05) is 19.1 Å². The summed E-state index contributed by atoms with van der Waals surface area (Å²) in [4.78, 5) is 11.3. The van der Waals surface area contributed by atoms with Gasteiger partial charge in [0.05, 0.1) is 23.1 Å². The van der Waals surface area contributed by atoms with E-state index in [1.807, 2.05) is 13.0 Å². The summed E-state index contributed by atoms with van der Waals surface area (Å²) in [7, 11) is 0. The molecule has 2 atom stereocenters. The van der Waals surface area contributed by atoms with E-state index in [4.69, 9.17) is 14.9 Å². The van der Waals surface area contributed by atoms with Gasteiger partial charge in [0, 0.05) is 17.8 Å². The fourth-order valence-electron chi connectivity index (χ4n) is 3.71. The summed E-state index contributed by atoms with van der Waals surface area (Å²) >= 11 is 3.26. The van der Waals surface area contributed by atoms with Crippen molar-refractivity contribution in [1.82, 2.24) is 0 Å². The number of alkyl halides is 3. The minimum atomic E-state index is -4.55. The lowest BCUT2D eigenvalue weighted by Gasteiger charge is -2.38. The molecule has 1 aromatic heterocycles. The first-order chi connectivity index (χ1) is 14.1. The maximum absolute atomic E-state index is 13.3. The van der Waals surface area contributed by atoms with Crippen LogP contribution in [0, 0.1) is 5.92 Å². The number of halogens is 4. The van der Waals surface area contributed by atoms with E-state index >= 15 is 0 Å². The minimum absolute atomic E-state index is 0.0107. The summed E-state index contributed by atoms with van der Waals surface area (Å²) in [5, 5.41) is 9.22. The molecule has 0 aliphatic heterocycles. The van der Waals surface area contributed by atoms with E-state index in [1.54, 1.807) is 18.2 Å². The van der Waals surface area contributed by atoms with Crippen molar-refractivity contribution in [1.29, 1.82) is 0 Å². The van der Waals surface area contributed by atoms with E-state index < -0.39 is 29.2 Å². The summed E-state index contributed by atoms with van der Waals surface area (Å²) in [6.07, 6.45) is 1.87. The Bertz CT molecular complexity index is 1010. The third-order valence-electron chi connectivity index (χ3n) is 5.28. The Hall–Kier alpha value is -2.10.